The first-order valence-corrected chi connectivity index (χ1v) is 7.01. The maximum absolute atomic E-state index is 11.8. The minimum Gasteiger partial charge on any atom is -0.468 e. The number of methoxy groups -OCH3 is 1. The van der Waals surface area contributed by atoms with Crippen LogP contribution < -0.4 is 0 Å². The van der Waals surface area contributed by atoms with E-state index in [1.54, 1.807) is 0 Å². The fourth-order valence-electron chi connectivity index (χ4n) is 2.16. The van der Waals surface area contributed by atoms with Crippen molar-refractivity contribution in [3.63, 3.8) is 0 Å². The van der Waals surface area contributed by atoms with E-state index in [1.165, 1.54) is 12.7 Å². The zero-order valence-electron chi connectivity index (χ0n) is 12.3. The molecule has 1 rings (SSSR count). The first-order valence-electron chi connectivity index (χ1n) is 7.01. The summed E-state index contributed by atoms with van der Waals surface area (Å²) >= 11 is 0. The maximum Gasteiger partial charge on any atom is 0.323 e. The molecule has 1 atom stereocenters. The van der Waals surface area contributed by atoms with Crippen LogP contribution >= 0.6 is 0 Å². The van der Waals surface area contributed by atoms with Crippen molar-refractivity contribution in [2.45, 2.75) is 38.6 Å². The molecule has 0 aliphatic heterocycles. The quantitative estimate of drug-likeness (QED) is 0.675. The fraction of sp³-hybridized carbons (Fsp3) is 0.562. The number of rotatable bonds is 8. The van der Waals surface area contributed by atoms with Crippen LogP contribution in [-0.2, 0) is 16.0 Å². The van der Waals surface area contributed by atoms with Crippen LogP contribution in [0.5, 0.6) is 0 Å². The molecule has 106 valence electrons. The number of carbonyl (C=O) groups excluding carboxylic acids is 1. The third-order valence-electron chi connectivity index (χ3n) is 3.43. The lowest BCUT2D eigenvalue weighted by Crippen LogP contribution is -2.40. The van der Waals surface area contributed by atoms with Crippen molar-refractivity contribution in [1.82, 2.24) is 4.90 Å². The standard InChI is InChI=1S/C16H25NO2/c1-4-5-11-15(16(18)19-3)17(2)13-12-14-9-7-6-8-10-14/h6-10,15H,4-5,11-13H2,1-3H3. The molecule has 0 saturated heterocycles. The SMILES string of the molecule is CCCCC(C(=O)OC)N(C)CCc1ccccc1. The summed E-state index contributed by atoms with van der Waals surface area (Å²) in [5.74, 6) is -0.121. The molecular weight excluding hydrogens is 238 g/mol. The van der Waals surface area contributed by atoms with Gasteiger partial charge in [0.1, 0.15) is 6.04 Å². The zero-order chi connectivity index (χ0) is 14.1. The van der Waals surface area contributed by atoms with Crippen LogP contribution in [0.2, 0.25) is 0 Å². The highest BCUT2D eigenvalue weighted by Gasteiger charge is 2.22. The summed E-state index contributed by atoms with van der Waals surface area (Å²) < 4.78 is 4.90. The normalized spacial score (nSPS) is 12.4. The van der Waals surface area contributed by atoms with Crippen LogP contribution in [0, 0.1) is 0 Å². The number of likely N-dealkylation sites (N-methyl/N-ethyl adjacent to an activating group) is 1. The van der Waals surface area contributed by atoms with Crippen LogP contribution in [0.1, 0.15) is 31.7 Å². The summed E-state index contributed by atoms with van der Waals surface area (Å²) in [6.45, 7) is 3.01. The Morgan fingerprint density at radius 3 is 2.58 bits per heavy atom. The van der Waals surface area contributed by atoms with Crippen LogP contribution in [0.3, 0.4) is 0 Å². The third kappa shape index (κ3) is 5.43. The average Bonchev–Trinajstić information content (AvgIpc) is 2.46. The molecule has 3 heteroatoms. The van der Waals surface area contributed by atoms with Gasteiger partial charge in [0.2, 0.25) is 0 Å². The van der Waals surface area contributed by atoms with Crippen molar-refractivity contribution in [3.8, 4) is 0 Å². The number of esters is 1. The van der Waals surface area contributed by atoms with E-state index in [0.717, 1.165) is 32.2 Å². The van der Waals surface area contributed by atoms with Gasteiger partial charge >= 0.3 is 5.97 Å². The highest BCUT2D eigenvalue weighted by molar-refractivity contribution is 5.75. The van der Waals surface area contributed by atoms with E-state index < -0.39 is 0 Å². The van der Waals surface area contributed by atoms with Gasteiger partial charge in [-0.2, -0.15) is 0 Å². The number of ether oxygens (including phenoxy) is 1. The topological polar surface area (TPSA) is 29.5 Å². The number of unbranched alkanes of at least 4 members (excludes halogenated alkanes) is 1. The van der Waals surface area contributed by atoms with Gasteiger partial charge in [-0.1, -0.05) is 50.1 Å². The van der Waals surface area contributed by atoms with E-state index in [-0.39, 0.29) is 12.0 Å². The summed E-state index contributed by atoms with van der Waals surface area (Å²) in [6, 6.07) is 10.2. The first kappa shape index (κ1) is 15.7. The molecule has 0 aliphatic carbocycles. The van der Waals surface area contributed by atoms with Gasteiger partial charge in [0, 0.05) is 6.54 Å². The van der Waals surface area contributed by atoms with E-state index in [1.807, 2.05) is 25.2 Å². The van der Waals surface area contributed by atoms with Gasteiger partial charge in [-0.3, -0.25) is 9.69 Å². The zero-order valence-corrected chi connectivity index (χ0v) is 12.3. The highest BCUT2D eigenvalue weighted by Crippen LogP contribution is 2.10. The Morgan fingerprint density at radius 1 is 1.32 bits per heavy atom. The number of carbonyl (C=O) groups is 1. The van der Waals surface area contributed by atoms with Gasteiger partial charge in [-0.05, 0) is 25.5 Å². The van der Waals surface area contributed by atoms with Gasteiger partial charge in [0.25, 0.3) is 0 Å². The van der Waals surface area contributed by atoms with Gasteiger partial charge < -0.3 is 4.74 Å². The smallest absolute Gasteiger partial charge is 0.323 e. The fourth-order valence-corrected chi connectivity index (χ4v) is 2.16. The van der Waals surface area contributed by atoms with Crippen molar-refractivity contribution in [1.29, 1.82) is 0 Å². The Kier molecular flexibility index (Phi) is 7.19. The molecule has 1 unspecified atom stereocenters. The second-order valence-electron chi connectivity index (χ2n) is 4.90. The molecule has 0 aliphatic rings. The molecule has 0 radical (unpaired) electrons. The predicted molar refractivity (Wildman–Crippen MR) is 78.1 cm³/mol. The number of benzene rings is 1. The van der Waals surface area contributed by atoms with E-state index in [2.05, 4.69) is 24.0 Å². The Labute approximate surface area is 116 Å². The second kappa shape index (κ2) is 8.70. The van der Waals surface area contributed by atoms with E-state index in [9.17, 15) is 4.79 Å². The Bertz CT molecular complexity index is 364. The minimum absolute atomic E-state index is 0.117. The molecule has 0 amide bonds. The lowest BCUT2D eigenvalue weighted by Gasteiger charge is -2.25. The van der Waals surface area contributed by atoms with Crippen molar-refractivity contribution in [2.24, 2.45) is 0 Å². The van der Waals surface area contributed by atoms with Crippen LogP contribution in [0.15, 0.2) is 30.3 Å². The Hall–Kier alpha value is -1.35. The summed E-state index contributed by atoms with van der Waals surface area (Å²) in [5.41, 5.74) is 1.30. The molecule has 0 bridgehead atoms. The third-order valence-corrected chi connectivity index (χ3v) is 3.43. The number of hydrogen-bond acceptors (Lipinski definition) is 3. The number of nitrogens with zero attached hydrogens (tertiary/aromatic N) is 1. The summed E-state index contributed by atoms with van der Waals surface area (Å²) in [6.07, 6.45) is 3.97. The van der Waals surface area contributed by atoms with Gasteiger partial charge in [0.15, 0.2) is 0 Å². The summed E-state index contributed by atoms with van der Waals surface area (Å²) in [4.78, 5) is 13.9. The molecule has 0 spiro atoms. The molecule has 0 aromatic heterocycles. The van der Waals surface area contributed by atoms with E-state index in [0.29, 0.717) is 0 Å². The van der Waals surface area contributed by atoms with Crippen LogP contribution in [0.25, 0.3) is 0 Å². The van der Waals surface area contributed by atoms with Crippen molar-refractivity contribution < 1.29 is 9.53 Å². The molecule has 0 fully saturated rings. The molecule has 3 nitrogen and oxygen atoms in total. The molecule has 1 aromatic carbocycles. The summed E-state index contributed by atoms with van der Waals surface area (Å²) in [7, 11) is 3.46. The van der Waals surface area contributed by atoms with Gasteiger partial charge in [0.05, 0.1) is 7.11 Å². The Balaban J connectivity index is 2.51. The van der Waals surface area contributed by atoms with E-state index in [4.69, 9.17) is 4.74 Å². The van der Waals surface area contributed by atoms with Gasteiger partial charge in [-0.15, -0.1) is 0 Å². The predicted octanol–water partition coefficient (Wildman–Crippen LogP) is 2.89. The highest BCUT2D eigenvalue weighted by atomic mass is 16.5. The molecule has 1 aromatic rings. The molecular formula is C16H25NO2. The number of hydrogen-bond donors (Lipinski definition) is 0. The first-order chi connectivity index (χ1) is 9.19. The van der Waals surface area contributed by atoms with Crippen LogP contribution in [0.4, 0.5) is 0 Å². The van der Waals surface area contributed by atoms with Crippen molar-refractivity contribution in [2.75, 3.05) is 20.7 Å². The van der Waals surface area contributed by atoms with Crippen molar-refractivity contribution in [3.05, 3.63) is 35.9 Å². The minimum atomic E-state index is -0.121. The molecule has 19 heavy (non-hydrogen) atoms. The molecule has 0 saturated carbocycles. The lowest BCUT2D eigenvalue weighted by atomic mass is 10.1. The Morgan fingerprint density at radius 2 is 2.00 bits per heavy atom. The van der Waals surface area contributed by atoms with Crippen LogP contribution in [-0.4, -0.2) is 37.6 Å². The van der Waals surface area contributed by atoms with Gasteiger partial charge in [-0.25, -0.2) is 0 Å². The van der Waals surface area contributed by atoms with E-state index >= 15 is 0 Å². The molecule has 0 heterocycles. The van der Waals surface area contributed by atoms with Crippen molar-refractivity contribution >= 4 is 5.97 Å². The largest absolute Gasteiger partial charge is 0.468 e. The maximum atomic E-state index is 11.8. The summed E-state index contributed by atoms with van der Waals surface area (Å²) in [5, 5.41) is 0. The average molecular weight is 263 g/mol. The molecule has 0 N–H and O–H groups in total. The second-order valence-corrected chi connectivity index (χ2v) is 4.90. The monoisotopic (exact) mass is 263 g/mol. The lowest BCUT2D eigenvalue weighted by molar-refractivity contribution is -0.146.